The number of rotatable bonds is 5. The minimum Gasteiger partial charge on any atom is -0.474 e. The van der Waals surface area contributed by atoms with E-state index in [0.717, 1.165) is 17.7 Å². The van der Waals surface area contributed by atoms with Gasteiger partial charge in [0.1, 0.15) is 6.10 Å². The number of nitrogens with zero attached hydrogens (tertiary/aromatic N) is 3. The number of piperidine rings is 1. The van der Waals surface area contributed by atoms with E-state index in [-0.39, 0.29) is 18.1 Å². The molecule has 3 heterocycles. The molecule has 0 spiro atoms. The van der Waals surface area contributed by atoms with Gasteiger partial charge in [-0.15, -0.1) is 11.3 Å². The molecule has 1 aliphatic heterocycles. The first-order valence-electron chi connectivity index (χ1n) is 7.83. The maximum atomic E-state index is 12.2. The molecule has 0 aliphatic carbocycles. The first kappa shape index (κ1) is 16.5. The maximum Gasteiger partial charge on any atom is 0.319 e. The average Bonchev–Trinajstić information content (AvgIpc) is 3.14. The summed E-state index contributed by atoms with van der Waals surface area (Å²) in [6.07, 6.45) is 3.21. The van der Waals surface area contributed by atoms with Crippen molar-refractivity contribution < 1.29 is 14.3 Å². The summed E-state index contributed by atoms with van der Waals surface area (Å²) in [5, 5.41) is 4.96. The molecule has 1 aliphatic rings. The Morgan fingerprint density at radius 1 is 1.42 bits per heavy atom. The predicted octanol–water partition coefficient (Wildman–Crippen LogP) is 2.30. The summed E-state index contributed by atoms with van der Waals surface area (Å²) in [4.78, 5) is 23.3. The van der Waals surface area contributed by atoms with Crippen LogP contribution in [0.15, 0.2) is 29.8 Å². The van der Waals surface area contributed by atoms with Crippen molar-refractivity contribution in [2.45, 2.75) is 25.5 Å². The standard InChI is InChI=1S/C16H20N4O3S/c1-22-15-17-7-4-14(19-15)23-12-5-8-20(9-6-12)16(21)18-11-13-3-2-10-24-13/h2-4,7,10,12H,5-6,8-9,11H2,1H3,(H,18,21). The number of methoxy groups -OCH3 is 1. The Morgan fingerprint density at radius 3 is 2.96 bits per heavy atom. The molecule has 128 valence electrons. The molecule has 1 saturated heterocycles. The van der Waals surface area contributed by atoms with Gasteiger partial charge >= 0.3 is 12.0 Å². The Labute approximate surface area is 144 Å². The third-order valence-corrected chi connectivity index (χ3v) is 4.68. The van der Waals surface area contributed by atoms with Crippen LogP contribution >= 0.6 is 11.3 Å². The van der Waals surface area contributed by atoms with Gasteiger partial charge in [0.2, 0.25) is 5.88 Å². The van der Waals surface area contributed by atoms with E-state index in [1.54, 1.807) is 23.6 Å². The van der Waals surface area contributed by atoms with E-state index < -0.39 is 0 Å². The molecule has 0 saturated carbocycles. The molecule has 24 heavy (non-hydrogen) atoms. The van der Waals surface area contributed by atoms with E-state index in [9.17, 15) is 4.79 Å². The van der Waals surface area contributed by atoms with Crippen molar-refractivity contribution in [1.82, 2.24) is 20.2 Å². The lowest BCUT2D eigenvalue weighted by Crippen LogP contribution is -2.46. The molecule has 8 heteroatoms. The first-order valence-corrected chi connectivity index (χ1v) is 8.71. The molecular formula is C16H20N4O3S. The Kier molecular flexibility index (Phi) is 5.47. The molecule has 0 unspecified atom stereocenters. The number of carbonyl (C=O) groups excluding carboxylic acids is 1. The molecule has 0 aromatic carbocycles. The maximum absolute atomic E-state index is 12.2. The van der Waals surface area contributed by atoms with Crippen molar-refractivity contribution >= 4 is 17.4 Å². The Hall–Kier alpha value is -2.35. The van der Waals surface area contributed by atoms with E-state index in [1.807, 2.05) is 22.4 Å². The number of hydrogen-bond acceptors (Lipinski definition) is 6. The SMILES string of the molecule is COc1nccc(OC2CCN(C(=O)NCc3cccs3)CC2)n1. The van der Waals surface area contributed by atoms with Gasteiger partial charge in [0.25, 0.3) is 0 Å². The monoisotopic (exact) mass is 348 g/mol. The van der Waals surface area contributed by atoms with Gasteiger partial charge in [-0.2, -0.15) is 4.98 Å². The second-order valence-electron chi connectivity index (χ2n) is 5.42. The molecule has 2 aromatic rings. The lowest BCUT2D eigenvalue weighted by molar-refractivity contribution is 0.106. The van der Waals surface area contributed by atoms with Gasteiger partial charge in [0.05, 0.1) is 13.7 Å². The molecule has 1 N–H and O–H groups in total. The number of carbonyl (C=O) groups is 1. The molecule has 0 bridgehead atoms. The highest BCUT2D eigenvalue weighted by atomic mass is 32.1. The summed E-state index contributed by atoms with van der Waals surface area (Å²) in [7, 11) is 1.52. The lowest BCUT2D eigenvalue weighted by atomic mass is 10.1. The van der Waals surface area contributed by atoms with Crippen LogP contribution in [-0.2, 0) is 6.54 Å². The molecule has 3 rings (SSSR count). The number of ether oxygens (including phenoxy) is 2. The van der Waals surface area contributed by atoms with Gasteiger partial charge in [-0.05, 0) is 11.4 Å². The van der Waals surface area contributed by atoms with Crippen LogP contribution in [0.25, 0.3) is 0 Å². The molecule has 1 fully saturated rings. The fraction of sp³-hybridized carbons (Fsp3) is 0.438. The average molecular weight is 348 g/mol. The number of urea groups is 1. The number of thiophene rings is 1. The normalized spacial score (nSPS) is 15.1. The Morgan fingerprint density at radius 2 is 2.25 bits per heavy atom. The van der Waals surface area contributed by atoms with E-state index in [1.165, 1.54) is 7.11 Å². The van der Waals surface area contributed by atoms with Gasteiger partial charge in [-0.1, -0.05) is 6.07 Å². The Balaban J connectivity index is 1.44. The van der Waals surface area contributed by atoms with Crippen LogP contribution in [0, 0.1) is 0 Å². The van der Waals surface area contributed by atoms with Crippen molar-refractivity contribution in [3.63, 3.8) is 0 Å². The number of likely N-dealkylation sites (tertiary alicyclic amines) is 1. The van der Waals surface area contributed by atoms with Crippen LogP contribution in [0.2, 0.25) is 0 Å². The van der Waals surface area contributed by atoms with Gasteiger partial charge in [0.15, 0.2) is 0 Å². The van der Waals surface area contributed by atoms with E-state index in [4.69, 9.17) is 9.47 Å². The van der Waals surface area contributed by atoms with Crippen LogP contribution in [0.5, 0.6) is 11.9 Å². The van der Waals surface area contributed by atoms with Gasteiger partial charge in [-0.25, -0.2) is 9.78 Å². The first-order chi connectivity index (χ1) is 11.7. The smallest absolute Gasteiger partial charge is 0.319 e. The summed E-state index contributed by atoms with van der Waals surface area (Å²) < 4.78 is 10.8. The molecular weight excluding hydrogens is 328 g/mol. The summed E-state index contributed by atoms with van der Waals surface area (Å²) >= 11 is 1.64. The topological polar surface area (TPSA) is 76.6 Å². The van der Waals surface area contributed by atoms with Gasteiger partial charge in [0, 0.05) is 43.1 Å². The lowest BCUT2D eigenvalue weighted by Gasteiger charge is -2.31. The molecule has 2 amide bonds. The third kappa shape index (κ3) is 4.35. The highest BCUT2D eigenvalue weighted by molar-refractivity contribution is 7.09. The van der Waals surface area contributed by atoms with Gasteiger partial charge in [-0.3, -0.25) is 0 Å². The third-order valence-electron chi connectivity index (χ3n) is 3.80. The minimum absolute atomic E-state index is 0.0226. The molecule has 0 radical (unpaired) electrons. The molecule has 7 nitrogen and oxygen atoms in total. The van der Waals surface area contributed by atoms with Crippen molar-refractivity contribution in [2.75, 3.05) is 20.2 Å². The zero-order valence-corrected chi connectivity index (χ0v) is 14.3. The molecule has 0 atom stereocenters. The fourth-order valence-corrected chi connectivity index (χ4v) is 3.17. The summed E-state index contributed by atoms with van der Waals surface area (Å²) in [6, 6.07) is 5.98. The van der Waals surface area contributed by atoms with Crippen molar-refractivity contribution in [2.24, 2.45) is 0 Å². The van der Waals surface area contributed by atoms with E-state index in [0.29, 0.717) is 25.5 Å². The number of amides is 2. The van der Waals surface area contributed by atoms with Crippen molar-refractivity contribution in [1.29, 1.82) is 0 Å². The van der Waals surface area contributed by atoms with Crippen LogP contribution in [-0.4, -0.2) is 47.2 Å². The van der Waals surface area contributed by atoms with Crippen molar-refractivity contribution in [3.8, 4) is 11.9 Å². The van der Waals surface area contributed by atoms with E-state index >= 15 is 0 Å². The summed E-state index contributed by atoms with van der Waals surface area (Å²) in [6.45, 7) is 1.92. The number of hydrogen-bond donors (Lipinski definition) is 1. The summed E-state index contributed by atoms with van der Waals surface area (Å²) in [5.74, 6) is 0.502. The highest BCUT2D eigenvalue weighted by Gasteiger charge is 2.24. The van der Waals surface area contributed by atoms with Gasteiger partial charge < -0.3 is 19.7 Å². The number of aromatic nitrogens is 2. The van der Waals surface area contributed by atoms with Crippen molar-refractivity contribution in [3.05, 3.63) is 34.7 Å². The fourth-order valence-electron chi connectivity index (χ4n) is 2.52. The largest absolute Gasteiger partial charge is 0.474 e. The minimum atomic E-state index is -0.0226. The number of nitrogens with one attached hydrogen (secondary N) is 1. The van der Waals surface area contributed by atoms with E-state index in [2.05, 4.69) is 15.3 Å². The second-order valence-corrected chi connectivity index (χ2v) is 6.46. The quantitative estimate of drug-likeness (QED) is 0.897. The Bertz CT molecular complexity index is 657. The zero-order valence-electron chi connectivity index (χ0n) is 13.5. The van der Waals surface area contributed by atoms with Crippen LogP contribution < -0.4 is 14.8 Å². The van der Waals surface area contributed by atoms with Crippen LogP contribution in [0.4, 0.5) is 4.79 Å². The zero-order chi connectivity index (χ0) is 16.8. The predicted molar refractivity (Wildman–Crippen MR) is 90.4 cm³/mol. The van der Waals surface area contributed by atoms with Crippen LogP contribution in [0.3, 0.4) is 0 Å². The second kappa shape index (κ2) is 7.96. The summed E-state index contributed by atoms with van der Waals surface area (Å²) in [5.41, 5.74) is 0. The van der Waals surface area contributed by atoms with Crippen LogP contribution in [0.1, 0.15) is 17.7 Å². The highest BCUT2D eigenvalue weighted by Crippen LogP contribution is 2.18. The molecule has 2 aromatic heterocycles.